The molecule has 1 aromatic heterocycles. The lowest BCUT2D eigenvalue weighted by atomic mass is 9.96. The van der Waals surface area contributed by atoms with E-state index in [1.54, 1.807) is 4.90 Å². The molecule has 0 N–H and O–H groups in total. The number of benzene rings is 1. The van der Waals surface area contributed by atoms with Crippen molar-refractivity contribution in [1.82, 2.24) is 14.5 Å². The smallest absolute Gasteiger partial charge is 0.227 e. The third-order valence-electron chi connectivity index (χ3n) is 5.07. The Morgan fingerprint density at radius 1 is 1.33 bits per heavy atom. The first-order valence-corrected chi connectivity index (χ1v) is 9.79. The molecule has 0 saturated carbocycles. The molecule has 0 spiro atoms. The molecule has 0 bridgehead atoms. The van der Waals surface area contributed by atoms with Gasteiger partial charge in [0.1, 0.15) is 5.82 Å². The number of hydrogen-bond acceptors (Lipinski definition) is 2. The number of rotatable bonds is 6. The summed E-state index contributed by atoms with van der Waals surface area (Å²) in [6, 6.07) is 1.93. The zero-order valence-corrected chi connectivity index (χ0v) is 16.2. The molecule has 0 radical (unpaired) electrons. The quantitative estimate of drug-likeness (QED) is 0.672. The molecule has 1 aliphatic rings. The van der Waals surface area contributed by atoms with Crippen LogP contribution < -0.4 is 0 Å². The number of carbonyl (C=O) groups excluding carboxylic acids is 1. The molecule has 1 fully saturated rings. The maximum Gasteiger partial charge on any atom is 0.227 e. The van der Waals surface area contributed by atoms with E-state index < -0.39 is 11.6 Å². The van der Waals surface area contributed by atoms with Crippen LogP contribution in [0.1, 0.15) is 49.9 Å². The summed E-state index contributed by atoms with van der Waals surface area (Å²) in [7, 11) is 0. The maximum absolute atomic E-state index is 13.5. The highest BCUT2D eigenvalue weighted by molar-refractivity contribution is 6.31. The van der Waals surface area contributed by atoms with E-state index in [0.717, 1.165) is 50.2 Å². The molecule has 2 aromatic rings. The number of unbranched alkanes of at least 4 members (excludes halogenated alkanes) is 1. The van der Waals surface area contributed by atoms with Crippen molar-refractivity contribution in [1.29, 1.82) is 0 Å². The van der Waals surface area contributed by atoms with Gasteiger partial charge in [0.25, 0.3) is 0 Å². The summed E-state index contributed by atoms with van der Waals surface area (Å²) in [6.07, 6.45) is 7.85. The first kappa shape index (κ1) is 19.8. The van der Waals surface area contributed by atoms with Crippen LogP contribution in [0.2, 0.25) is 5.02 Å². The monoisotopic (exact) mass is 395 g/mol. The number of piperidine rings is 1. The molecular formula is C20H24ClF2N3O. The largest absolute Gasteiger partial charge is 0.342 e. The summed E-state index contributed by atoms with van der Waals surface area (Å²) in [5, 5.41) is 0.0749. The predicted octanol–water partition coefficient (Wildman–Crippen LogP) is 4.56. The average Bonchev–Trinajstić information content (AvgIpc) is 3.13. The van der Waals surface area contributed by atoms with Crippen molar-refractivity contribution in [3.63, 3.8) is 0 Å². The number of aromatic nitrogens is 2. The van der Waals surface area contributed by atoms with E-state index in [9.17, 15) is 13.6 Å². The molecule has 2 heterocycles. The van der Waals surface area contributed by atoms with Crippen molar-refractivity contribution < 1.29 is 13.6 Å². The Hall–Kier alpha value is -1.95. The topological polar surface area (TPSA) is 38.1 Å². The summed E-state index contributed by atoms with van der Waals surface area (Å²) in [5.74, 6) is -0.911. The van der Waals surface area contributed by atoms with Gasteiger partial charge in [0.15, 0.2) is 11.6 Å². The van der Waals surface area contributed by atoms with Crippen molar-refractivity contribution in [3.8, 4) is 0 Å². The van der Waals surface area contributed by atoms with Crippen molar-refractivity contribution in [3.05, 3.63) is 52.6 Å². The van der Waals surface area contributed by atoms with Gasteiger partial charge in [-0.25, -0.2) is 13.8 Å². The highest BCUT2D eigenvalue weighted by Gasteiger charge is 2.27. The number of amides is 1. The molecule has 1 amide bonds. The fraction of sp³-hybridized carbons (Fsp3) is 0.500. The second kappa shape index (κ2) is 8.83. The van der Waals surface area contributed by atoms with E-state index in [2.05, 4.69) is 16.5 Å². The second-order valence-electron chi connectivity index (χ2n) is 7.05. The number of nitrogens with zero attached hydrogens (tertiary/aromatic N) is 3. The van der Waals surface area contributed by atoms with Gasteiger partial charge >= 0.3 is 0 Å². The highest BCUT2D eigenvalue weighted by Crippen LogP contribution is 2.27. The molecule has 3 rings (SSSR count). The standard InChI is InChI=1S/C20H24ClF2N3O/c1-2-3-7-25-9-6-24-20(25)14-5-4-8-26(13-14)19(27)11-15-10-17(22)18(23)12-16(15)21/h6,9-10,12,14H,2-5,7-8,11,13H2,1H3. The Morgan fingerprint density at radius 2 is 2.11 bits per heavy atom. The van der Waals surface area contributed by atoms with Crippen LogP contribution >= 0.6 is 11.6 Å². The number of halogens is 3. The first-order chi connectivity index (χ1) is 13.0. The van der Waals surface area contributed by atoms with Crippen molar-refractivity contribution in [2.24, 2.45) is 0 Å². The molecule has 27 heavy (non-hydrogen) atoms. The highest BCUT2D eigenvalue weighted by atomic mass is 35.5. The lowest BCUT2D eigenvalue weighted by Crippen LogP contribution is -2.40. The molecule has 146 valence electrons. The SMILES string of the molecule is CCCCn1ccnc1C1CCCN(C(=O)Cc2cc(F)c(F)cc2Cl)C1. The summed E-state index contributed by atoms with van der Waals surface area (Å²) in [5.41, 5.74) is 0.312. The van der Waals surface area contributed by atoms with Gasteiger partial charge in [-0.2, -0.15) is 0 Å². The molecular weight excluding hydrogens is 372 g/mol. The van der Waals surface area contributed by atoms with E-state index >= 15 is 0 Å². The number of carbonyl (C=O) groups is 1. The molecule has 4 nitrogen and oxygen atoms in total. The van der Waals surface area contributed by atoms with E-state index in [-0.39, 0.29) is 23.3 Å². The fourth-order valence-corrected chi connectivity index (χ4v) is 3.80. The molecule has 1 saturated heterocycles. The van der Waals surface area contributed by atoms with Gasteiger partial charge in [-0.15, -0.1) is 0 Å². The van der Waals surface area contributed by atoms with E-state index in [4.69, 9.17) is 11.6 Å². The average molecular weight is 396 g/mol. The van der Waals surface area contributed by atoms with Crippen LogP contribution in [0.4, 0.5) is 8.78 Å². The first-order valence-electron chi connectivity index (χ1n) is 9.41. The van der Waals surface area contributed by atoms with E-state index in [1.807, 2.05) is 12.4 Å². The minimum atomic E-state index is -1.01. The zero-order valence-electron chi connectivity index (χ0n) is 15.4. The van der Waals surface area contributed by atoms with Crippen molar-refractivity contribution in [2.75, 3.05) is 13.1 Å². The minimum Gasteiger partial charge on any atom is -0.342 e. The van der Waals surface area contributed by atoms with Gasteiger partial charge in [0.05, 0.1) is 6.42 Å². The lowest BCUT2D eigenvalue weighted by molar-refractivity contribution is -0.131. The van der Waals surface area contributed by atoms with Gasteiger partial charge < -0.3 is 9.47 Å². The van der Waals surface area contributed by atoms with Crippen LogP contribution in [0.15, 0.2) is 24.5 Å². The molecule has 1 unspecified atom stereocenters. The maximum atomic E-state index is 13.5. The number of imidazole rings is 1. The van der Waals surface area contributed by atoms with Gasteiger partial charge in [0.2, 0.25) is 5.91 Å². The van der Waals surface area contributed by atoms with Crippen LogP contribution in [0, 0.1) is 11.6 Å². The minimum absolute atomic E-state index is 0.0347. The molecule has 7 heteroatoms. The third-order valence-corrected chi connectivity index (χ3v) is 5.42. The van der Waals surface area contributed by atoms with Gasteiger partial charge in [-0.3, -0.25) is 4.79 Å². The second-order valence-corrected chi connectivity index (χ2v) is 7.45. The molecule has 1 aliphatic heterocycles. The Morgan fingerprint density at radius 3 is 2.89 bits per heavy atom. The normalized spacial score (nSPS) is 17.3. The zero-order chi connectivity index (χ0) is 19.4. The molecule has 0 aliphatic carbocycles. The lowest BCUT2D eigenvalue weighted by Gasteiger charge is -2.33. The molecule has 1 atom stereocenters. The van der Waals surface area contributed by atoms with E-state index in [0.29, 0.717) is 18.7 Å². The van der Waals surface area contributed by atoms with Crippen LogP contribution in [0.5, 0.6) is 0 Å². The summed E-state index contributed by atoms with van der Waals surface area (Å²) < 4.78 is 28.9. The van der Waals surface area contributed by atoms with Crippen LogP contribution in [0.25, 0.3) is 0 Å². The fourth-order valence-electron chi connectivity index (χ4n) is 3.59. The van der Waals surface area contributed by atoms with Gasteiger partial charge in [-0.05, 0) is 37.0 Å². The van der Waals surface area contributed by atoms with Gasteiger partial charge in [-0.1, -0.05) is 24.9 Å². The summed E-state index contributed by atoms with van der Waals surface area (Å²) >= 11 is 5.97. The Balaban J connectivity index is 1.68. The van der Waals surface area contributed by atoms with Crippen LogP contribution in [0.3, 0.4) is 0 Å². The molecule has 1 aromatic carbocycles. The summed E-state index contributed by atoms with van der Waals surface area (Å²) in [6.45, 7) is 4.33. The van der Waals surface area contributed by atoms with Crippen LogP contribution in [-0.2, 0) is 17.8 Å². The number of aryl methyl sites for hydroxylation is 1. The van der Waals surface area contributed by atoms with Crippen molar-refractivity contribution in [2.45, 2.75) is 51.5 Å². The van der Waals surface area contributed by atoms with E-state index in [1.165, 1.54) is 0 Å². The Labute approximate surface area is 163 Å². The summed E-state index contributed by atoms with van der Waals surface area (Å²) in [4.78, 5) is 19.0. The van der Waals surface area contributed by atoms with Gasteiger partial charge in [0, 0.05) is 43.0 Å². The Kier molecular flexibility index (Phi) is 6.47. The predicted molar refractivity (Wildman–Crippen MR) is 101 cm³/mol. The number of likely N-dealkylation sites (tertiary alicyclic amines) is 1. The number of hydrogen-bond donors (Lipinski definition) is 0. The Bertz CT molecular complexity index is 809. The third kappa shape index (κ3) is 4.67. The van der Waals surface area contributed by atoms with Crippen molar-refractivity contribution >= 4 is 17.5 Å². The van der Waals surface area contributed by atoms with Crippen LogP contribution in [-0.4, -0.2) is 33.4 Å².